The van der Waals surface area contributed by atoms with E-state index in [9.17, 15) is 9.59 Å². The lowest BCUT2D eigenvalue weighted by molar-refractivity contribution is -0.134. The van der Waals surface area contributed by atoms with Gasteiger partial charge < -0.3 is 0 Å². The van der Waals surface area contributed by atoms with Gasteiger partial charge >= 0.3 is 0 Å². The van der Waals surface area contributed by atoms with Gasteiger partial charge in [-0.25, -0.2) is 0 Å². The summed E-state index contributed by atoms with van der Waals surface area (Å²) in [5.41, 5.74) is 0. The molecule has 2 heteroatoms. The molecule has 0 aromatic carbocycles. The van der Waals surface area contributed by atoms with Gasteiger partial charge in [0.2, 0.25) is 5.78 Å². The Hall–Kier alpha value is -1.44. The van der Waals surface area contributed by atoms with Crippen molar-refractivity contribution >= 4 is 11.6 Å². The molecule has 0 saturated carbocycles. The Balaban J connectivity index is 3.75. The Bertz CT molecular complexity index is 234. The van der Waals surface area contributed by atoms with E-state index in [1.165, 1.54) is 6.92 Å². The topological polar surface area (TPSA) is 34.1 Å². The maximum absolute atomic E-state index is 10.7. The van der Waals surface area contributed by atoms with Crippen LogP contribution in [0.3, 0.4) is 0 Å². The molecular formula is C10H12O2. The van der Waals surface area contributed by atoms with E-state index in [1.807, 2.05) is 0 Å². The van der Waals surface area contributed by atoms with Gasteiger partial charge in [-0.05, 0) is 0 Å². The smallest absolute Gasteiger partial charge is 0.201 e. The summed E-state index contributed by atoms with van der Waals surface area (Å²) in [6.45, 7) is 4.75. The first kappa shape index (κ1) is 10.6. The highest BCUT2D eigenvalue weighted by Crippen LogP contribution is 1.88. The monoisotopic (exact) mass is 164 g/mol. The predicted octanol–water partition coefficient (Wildman–Crippen LogP) is 1.83. The van der Waals surface area contributed by atoms with E-state index in [4.69, 9.17) is 0 Å². The molecule has 0 spiro atoms. The lowest BCUT2D eigenvalue weighted by atomic mass is 10.2. The van der Waals surface area contributed by atoms with Crippen molar-refractivity contribution in [1.29, 1.82) is 0 Å². The zero-order chi connectivity index (χ0) is 9.40. The van der Waals surface area contributed by atoms with E-state index < -0.39 is 5.78 Å². The van der Waals surface area contributed by atoms with Crippen molar-refractivity contribution in [3.8, 4) is 0 Å². The number of allylic oxidation sites excluding steroid dienone is 5. The third-order valence-electron chi connectivity index (χ3n) is 1.19. The normalized spacial score (nSPS) is 10.8. The number of hydrogen-bond acceptors (Lipinski definition) is 2. The summed E-state index contributed by atoms with van der Waals surface area (Å²) in [4.78, 5) is 21.2. The van der Waals surface area contributed by atoms with E-state index in [1.54, 1.807) is 30.4 Å². The van der Waals surface area contributed by atoms with Crippen LogP contribution in [0.1, 0.15) is 13.3 Å². The fourth-order valence-corrected chi connectivity index (χ4v) is 0.540. The summed E-state index contributed by atoms with van der Waals surface area (Å²) in [7, 11) is 0. The van der Waals surface area contributed by atoms with Crippen LogP contribution in [-0.2, 0) is 9.59 Å². The van der Waals surface area contributed by atoms with Gasteiger partial charge in [-0.15, -0.1) is 0 Å². The molecule has 0 saturated heterocycles. The highest BCUT2D eigenvalue weighted by Gasteiger charge is 2.02. The molecule has 0 aliphatic heterocycles. The Morgan fingerprint density at radius 2 is 1.92 bits per heavy atom. The molecule has 0 aromatic rings. The number of carbonyl (C=O) groups is 2. The molecule has 0 bridgehead atoms. The standard InChI is InChI=1S/C10H12O2/c1-3-4-5-6-7-8-10(12)9(2)11/h3-7H,1,8H2,2H3/b5-4-,7-6-. The molecule has 0 heterocycles. The van der Waals surface area contributed by atoms with Crippen LogP contribution < -0.4 is 0 Å². The van der Waals surface area contributed by atoms with Crippen LogP contribution in [0.5, 0.6) is 0 Å². The molecule has 0 N–H and O–H groups in total. The highest BCUT2D eigenvalue weighted by molar-refractivity contribution is 6.36. The van der Waals surface area contributed by atoms with Crippen LogP contribution in [-0.4, -0.2) is 11.6 Å². The van der Waals surface area contributed by atoms with E-state index in [-0.39, 0.29) is 12.2 Å². The third kappa shape index (κ3) is 5.35. The Morgan fingerprint density at radius 1 is 1.25 bits per heavy atom. The summed E-state index contributed by atoms with van der Waals surface area (Å²) in [5.74, 6) is -0.759. The molecule has 2 nitrogen and oxygen atoms in total. The summed E-state index contributed by atoms with van der Waals surface area (Å²) < 4.78 is 0. The lowest BCUT2D eigenvalue weighted by Crippen LogP contribution is -2.06. The minimum absolute atomic E-state index is 0.177. The van der Waals surface area contributed by atoms with Crippen LogP contribution in [0.2, 0.25) is 0 Å². The van der Waals surface area contributed by atoms with Crippen molar-refractivity contribution in [3.63, 3.8) is 0 Å². The SMILES string of the molecule is C=C/C=C\C=C/CC(=O)C(C)=O. The number of Topliss-reactive ketones (excluding diaryl/α,β-unsaturated/α-hetero) is 2. The minimum atomic E-state index is -0.396. The fraction of sp³-hybridized carbons (Fsp3) is 0.200. The van der Waals surface area contributed by atoms with Crippen LogP contribution >= 0.6 is 0 Å². The van der Waals surface area contributed by atoms with E-state index in [0.717, 1.165) is 0 Å². The number of hydrogen-bond donors (Lipinski definition) is 0. The molecule has 0 aromatic heterocycles. The van der Waals surface area contributed by atoms with Crippen molar-refractivity contribution in [3.05, 3.63) is 37.0 Å². The quantitative estimate of drug-likeness (QED) is 0.459. The summed E-state index contributed by atoms with van der Waals surface area (Å²) in [6, 6.07) is 0. The van der Waals surface area contributed by atoms with Crippen LogP contribution in [0.25, 0.3) is 0 Å². The first-order valence-corrected chi connectivity index (χ1v) is 3.66. The van der Waals surface area contributed by atoms with Gasteiger partial charge in [0, 0.05) is 13.3 Å². The molecule has 0 aliphatic carbocycles. The first-order valence-electron chi connectivity index (χ1n) is 3.66. The summed E-state index contributed by atoms with van der Waals surface area (Å²) >= 11 is 0. The van der Waals surface area contributed by atoms with E-state index in [2.05, 4.69) is 6.58 Å². The summed E-state index contributed by atoms with van der Waals surface area (Å²) in [5, 5.41) is 0. The fourth-order valence-electron chi connectivity index (χ4n) is 0.540. The molecule has 0 aliphatic rings. The van der Waals surface area contributed by atoms with Crippen LogP contribution in [0.4, 0.5) is 0 Å². The van der Waals surface area contributed by atoms with Crippen molar-refractivity contribution < 1.29 is 9.59 Å². The highest BCUT2D eigenvalue weighted by atomic mass is 16.2. The van der Waals surface area contributed by atoms with E-state index in [0.29, 0.717) is 0 Å². The predicted molar refractivity (Wildman–Crippen MR) is 48.8 cm³/mol. The molecule has 12 heavy (non-hydrogen) atoms. The van der Waals surface area contributed by atoms with Gasteiger partial charge in [0.1, 0.15) is 0 Å². The molecule has 0 rings (SSSR count). The van der Waals surface area contributed by atoms with Crippen molar-refractivity contribution in [2.24, 2.45) is 0 Å². The molecule has 0 atom stereocenters. The zero-order valence-corrected chi connectivity index (χ0v) is 7.12. The molecular weight excluding hydrogens is 152 g/mol. The molecule has 0 unspecified atom stereocenters. The second kappa shape index (κ2) is 6.28. The van der Waals surface area contributed by atoms with Gasteiger partial charge in [-0.3, -0.25) is 9.59 Å². The van der Waals surface area contributed by atoms with Gasteiger partial charge in [0.05, 0.1) is 0 Å². The Kier molecular flexibility index (Phi) is 5.53. The lowest BCUT2D eigenvalue weighted by Gasteiger charge is -1.85. The van der Waals surface area contributed by atoms with E-state index >= 15 is 0 Å². The number of ketones is 2. The average Bonchev–Trinajstić information content (AvgIpc) is 2.03. The summed E-state index contributed by atoms with van der Waals surface area (Å²) in [6.07, 6.45) is 8.66. The largest absolute Gasteiger partial charge is 0.291 e. The van der Waals surface area contributed by atoms with Gasteiger partial charge in [0.25, 0.3) is 0 Å². The van der Waals surface area contributed by atoms with Crippen LogP contribution in [0.15, 0.2) is 37.0 Å². The minimum Gasteiger partial charge on any atom is -0.291 e. The number of rotatable bonds is 5. The second-order valence-corrected chi connectivity index (χ2v) is 2.23. The maximum Gasteiger partial charge on any atom is 0.201 e. The molecule has 0 fully saturated rings. The van der Waals surface area contributed by atoms with Crippen LogP contribution in [0, 0.1) is 0 Å². The zero-order valence-electron chi connectivity index (χ0n) is 7.12. The maximum atomic E-state index is 10.7. The average molecular weight is 164 g/mol. The first-order chi connectivity index (χ1) is 5.68. The van der Waals surface area contributed by atoms with Gasteiger partial charge in [-0.2, -0.15) is 0 Å². The Morgan fingerprint density at radius 3 is 2.42 bits per heavy atom. The molecule has 64 valence electrons. The third-order valence-corrected chi connectivity index (χ3v) is 1.19. The van der Waals surface area contributed by atoms with Gasteiger partial charge in [-0.1, -0.05) is 37.0 Å². The van der Waals surface area contributed by atoms with Crippen molar-refractivity contribution in [2.45, 2.75) is 13.3 Å². The molecule has 0 amide bonds. The number of carbonyl (C=O) groups excluding carboxylic acids is 2. The van der Waals surface area contributed by atoms with Crippen molar-refractivity contribution in [2.75, 3.05) is 0 Å². The van der Waals surface area contributed by atoms with Gasteiger partial charge in [0.15, 0.2) is 5.78 Å². The Labute approximate surface area is 72.3 Å². The molecule has 0 radical (unpaired) electrons. The second-order valence-electron chi connectivity index (χ2n) is 2.23. The van der Waals surface area contributed by atoms with Crippen molar-refractivity contribution in [1.82, 2.24) is 0 Å².